The van der Waals surface area contributed by atoms with Gasteiger partial charge in [-0.3, -0.25) is 14.5 Å². The van der Waals surface area contributed by atoms with Crippen LogP contribution in [0.2, 0.25) is 0 Å². The van der Waals surface area contributed by atoms with Gasteiger partial charge in [-0.05, 0) is 44.0 Å². The summed E-state index contributed by atoms with van der Waals surface area (Å²) in [6.07, 6.45) is 0. The number of aryl methyl sites for hydroxylation is 2. The van der Waals surface area contributed by atoms with Crippen molar-refractivity contribution in [3.63, 3.8) is 0 Å². The Hall–Kier alpha value is -3.74. The zero-order valence-electron chi connectivity index (χ0n) is 21.2. The molecule has 200 valence electrons. The molecule has 0 saturated heterocycles. The number of benzene rings is 2. The molecule has 1 aliphatic rings. The van der Waals surface area contributed by atoms with Crippen LogP contribution in [0.1, 0.15) is 44.5 Å². The van der Waals surface area contributed by atoms with Crippen molar-refractivity contribution in [1.29, 1.82) is 0 Å². The molecule has 1 aliphatic heterocycles. The van der Waals surface area contributed by atoms with Crippen molar-refractivity contribution in [3.8, 4) is 11.5 Å². The van der Waals surface area contributed by atoms with Gasteiger partial charge in [0, 0.05) is 5.75 Å². The summed E-state index contributed by atoms with van der Waals surface area (Å²) >= 11 is 3.87. The first-order valence-electron chi connectivity index (χ1n) is 12.0. The summed E-state index contributed by atoms with van der Waals surface area (Å²) in [7, 11) is 0. The number of thiazole rings is 1. The van der Waals surface area contributed by atoms with E-state index < -0.39 is 23.5 Å². The Balaban J connectivity index is 1.56. The summed E-state index contributed by atoms with van der Waals surface area (Å²) in [6, 6.07) is 13.5. The summed E-state index contributed by atoms with van der Waals surface area (Å²) in [4.78, 5) is 33.3. The van der Waals surface area contributed by atoms with Crippen LogP contribution in [0.5, 0.6) is 11.5 Å². The number of ether oxygens (including phenoxy) is 1. The molecule has 0 fully saturated rings. The molecule has 0 radical (unpaired) electrons. The molecule has 0 spiro atoms. The molecular formula is C27H24N4O5S3. The van der Waals surface area contributed by atoms with Gasteiger partial charge in [0.2, 0.25) is 10.9 Å². The number of Topliss-reactive ketones (excluding diaryl/α,β-unsaturated/α-hetero) is 1. The Morgan fingerprint density at radius 2 is 1.87 bits per heavy atom. The van der Waals surface area contributed by atoms with Crippen molar-refractivity contribution in [2.45, 2.75) is 36.9 Å². The molecule has 9 nitrogen and oxygen atoms in total. The van der Waals surface area contributed by atoms with Crippen LogP contribution in [0, 0.1) is 13.8 Å². The molecule has 0 bridgehead atoms. The molecule has 2 N–H and O–H groups in total. The van der Waals surface area contributed by atoms with Crippen LogP contribution >= 0.6 is 34.4 Å². The third-order valence-electron chi connectivity index (χ3n) is 5.97. The van der Waals surface area contributed by atoms with Gasteiger partial charge in [0.15, 0.2) is 21.6 Å². The standard InChI is InChI=1S/C27H24N4O5S3/c1-4-36-19-12-17(10-11-18(19)32)21-20(22(33)24-14(2)28-15(3)38-24)23(34)25(35)31(21)26-29-30-27(39-26)37-13-16-8-6-5-7-9-16/h5-12,21,32,34H,4,13H2,1-3H3. The summed E-state index contributed by atoms with van der Waals surface area (Å²) < 4.78 is 6.19. The maximum absolute atomic E-state index is 13.8. The van der Waals surface area contributed by atoms with Crippen molar-refractivity contribution < 1.29 is 24.5 Å². The summed E-state index contributed by atoms with van der Waals surface area (Å²) in [5, 5.41) is 30.8. The number of hydrogen-bond donors (Lipinski definition) is 2. The SMILES string of the molecule is CCOc1cc(C2C(C(=O)c3sc(C)nc3C)=C(O)C(=O)N2c2nnc(SCc3ccccc3)s2)ccc1O. The summed E-state index contributed by atoms with van der Waals surface area (Å²) in [5.74, 6) is -1.13. The number of anilines is 1. The van der Waals surface area contributed by atoms with Crippen molar-refractivity contribution in [3.05, 3.63) is 86.6 Å². The van der Waals surface area contributed by atoms with Gasteiger partial charge < -0.3 is 14.9 Å². The number of aliphatic hydroxyl groups excluding tert-OH is 1. The van der Waals surface area contributed by atoms with E-state index in [1.807, 2.05) is 30.3 Å². The molecule has 1 amide bonds. The Labute approximate surface area is 236 Å². The van der Waals surface area contributed by atoms with Gasteiger partial charge in [-0.1, -0.05) is 59.5 Å². The summed E-state index contributed by atoms with van der Waals surface area (Å²) in [5.41, 5.74) is 2.01. The highest BCUT2D eigenvalue weighted by Crippen LogP contribution is 2.46. The number of aliphatic hydroxyl groups is 1. The van der Waals surface area contributed by atoms with E-state index in [-0.39, 0.29) is 22.2 Å². The molecule has 5 rings (SSSR count). The van der Waals surface area contributed by atoms with E-state index in [0.29, 0.717) is 37.8 Å². The zero-order valence-corrected chi connectivity index (χ0v) is 23.7. The molecule has 1 unspecified atom stereocenters. The highest BCUT2D eigenvalue weighted by Gasteiger charge is 2.47. The Morgan fingerprint density at radius 1 is 1.10 bits per heavy atom. The fraction of sp³-hybridized carbons (Fsp3) is 0.222. The van der Waals surface area contributed by atoms with E-state index in [2.05, 4.69) is 15.2 Å². The van der Waals surface area contributed by atoms with Gasteiger partial charge >= 0.3 is 0 Å². The third kappa shape index (κ3) is 5.27. The second-order valence-corrected chi connectivity index (χ2v) is 12.0. The van der Waals surface area contributed by atoms with Gasteiger partial charge in [-0.25, -0.2) is 4.98 Å². The quantitative estimate of drug-likeness (QED) is 0.144. The molecule has 2 aromatic carbocycles. The van der Waals surface area contributed by atoms with Crippen LogP contribution in [0.3, 0.4) is 0 Å². The lowest BCUT2D eigenvalue weighted by atomic mass is 9.95. The Bertz CT molecular complexity index is 1580. The average Bonchev–Trinajstić information content (AvgIpc) is 3.60. The largest absolute Gasteiger partial charge is 0.504 e. The maximum atomic E-state index is 13.8. The number of nitrogens with zero attached hydrogens (tertiary/aromatic N) is 4. The fourth-order valence-corrected chi connectivity index (χ4v) is 6.96. The first-order chi connectivity index (χ1) is 18.8. The normalized spacial score (nSPS) is 15.3. The number of phenolic OH excluding ortho intramolecular Hbond substituents is 1. The lowest BCUT2D eigenvalue weighted by Gasteiger charge is -2.24. The molecule has 1 atom stereocenters. The van der Waals surface area contributed by atoms with Crippen LogP contribution in [0.25, 0.3) is 0 Å². The van der Waals surface area contributed by atoms with E-state index >= 15 is 0 Å². The number of phenols is 1. The van der Waals surface area contributed by atoms with E-state index in [4.69, 9.17) is 4.74 Å². The van der Waals surface area contributed by atoms with Crippen LogP contribution in [0.15, 0.2) is 64.2 Å². The minimum Gasteiger partial charge on any atom is -0.504 e. The lowest BCUT2D eigenvalue weighted by molar-refractivity contribution is -0.117. The molecular weight excluding hydrogens is 557 g/mol. The molecule has 12 heteroatoms. The first kappa shape index (κ1) is 26.9. The molecule has 3 heterocycles. The average molecular weight is 581 g/mol. The lowest BCUT2D eigenvalue weighted by Crippen LogP contribution is -2.31. The molecule has 39 heavy (non-hydrogen) atoms. The molecule has 4 aromatic rings. The van der Waals surface area contributed by atoms with Crippen LogP contribution < -0.4 is 9.64 Å². The number of ketones is 1. The monoisotopic (exact) mass is 580 g/mol. The third-order valence-corrected chi connectivity index (χ3v) is 9.17. The van der Waals surface area contributed by atoms with Gasteiger partial charge in [-0.15, -0.1) is 21.5 Å². The van der Waals surface area contributed by atoms with Crippen molar-refractivity contribution >= 4 is 51.3 Å². The number of amides is 1. The van der Waals surface area contributed by atoms with Crippen molar-refractivity contribution in [2.24, 2.45) is 0 Å². The highest BCUT2D eigenvalue weighted by molar-refractivity contribution is 8.00. The number of carbonyl (C=O) groups excluding carboxylic acids is 2. The van der Waals surface area contributed by atoms with E-state index in [1.54, 1.807) is 32.9 Å². The van der Waals surface area contributed by atoms with Crippen molar-refractivity contribution in [2.75, 3.05) is 11.5 Å². The van der Waals surface area contributed by atoms with E-state index in [9.17, 15) is 19.8 Å². The smallest absolute Gasteiger partial charge is 0.296 e. The minimum atomic E-state index is -1.02. The molecule has 0 aliphatic carbocycles. The minimum absolute atomic E-state index is 0.0815. The highest BCUT2D eigenvalue weighted by atomic mass is 32.2. The van der Waals surface area contributed by atoms with Crippen molar-refractivity contribution in [1.82, 2.24) is 15.2 Å². The number of rotatable bonds is 9. The van der Waals surface area contributed by atoms with E-state index in [1.165, 1.54) is 45.4 Å². The summed E-state index contributed by atoms with van der Waals surface area (Å²) in [6.45, 7) is 5.58. The van der Waals surface area contributed by atoms with Gasteiger partial charge in [0.25, 0.3) is 5.91 Å². The van der Waals surface area contributed by atoms with E-state index in [0.717, 1.165) is 5.56 Å². The van der Waals surface area contributed by atoms with Crippen LogP contribution in [-0.2, 0) is 10.5 Å². The number of thioether (sulfide) groups is 1. The molecule has 2 aromatic heterocycles. The van der Waals surface area contributed by atoms with Crippen LogP contribution in [-0.4, -0.2) is 43.7 Å². The predicted molar refractivity (Wildman–Crippen MR) is 151 cm³/mol. The topological polar surface area (TPSA) is 126 Å². The zero-order chi connectivity index (χ0) is 27.7. The fourth-order valence-electron chi connectivity index (χ4n) is 4.26. The van der Waals surface area contributed by atoms with Gasteiger partial charge in [-0.2, -0.15) is 0 Å². The molecule has 0 saturated carbocycles. The Morgan fingerprint density at radius 3 is 2.56 bits per heavy atom. The second-order valence-electron chi connectivity index (χ2n) is 8.60. The predicted octanol–water partition coefficient (Wildman–Crippen LogP) is 5.79. The maximum Gasteiger partial charge on any atom is 0.296 e. The second kappa shape index (κ2) is 11.2. The number of aromatic nitrogens is 3. The number of aromatic hydroxyl groups is 1. The number of hydrogen-bond acceptors (Lipinski definition) is 11. The van der Waals surface area contributed by atoms with Gasteiger partial charge in [0.1, 0.15) is 0 Å². The number of carbonyl (C=O) groups is 2. The Kier molecular flexibility index (Phi) is 7.69. The first-order valence-corrected chi connectivity index (χ1v) is 14.6. The van der Waals surface area contributed by atoms with Crippen LogP contribution in [0.4, 0.5) is 5.13 Å². The van der Waals surface area contributed by atoms with Gasteiger partial charge in [0.05, 0.1) is 33.8 Å².